The van der Waals surface area contributed by atoms with Crippen molar-refractivity contribution in [2.45, 2.75) is 26.4 Å². The highest BCUT2D eigenvalue weighted by molar-refractivity contribution is 7.12. The fourth-order valence-corrected chi connectivity index (χ4v) is 3.52. The predicted octanol–water partition coefficient (Wildman–Crippen LogP) is 3.47. The van der Waals surface area contributed by atoms with E-state index in [2.05, 4.69) is 20.9 Å². The molecule has 8 heteroatoms. The number of carbonyl (C=O) groups excluding carboxylic acids is 3. The summed E-state index contributed by atoms with van der Waals surface area (Å²) in [7, 11) is 0. The molecule has 2 aromatic heterocycles. The Morgan fingerprint density at radius 3 is 2.52 bits per heavy atom. The molecule has 31 heavy (non-hydrogen) atoms. The first kappa shape index (κ1) is 22.2. The third-order valence-electron chi connectivity index (χ3n) is 4.53. The molecule has 1 aromatic carbocycles. The molecule has 3 N–H and O–H groups in total. The maximum Gasteiger partial charge on any atom is 0.262 e. The van der Waals surface area contributed by atoms with Crippen molar-refractivity contribution in [3.05, 3.63) is 82.3 Å². The predicted molar refractivity (Wildman–Crippen MR) is 121 cm³/mol. The van der Waals surface area contributed by atoms with Gasteiger partial charge in [-0.25, -0.2) is 0 Å². The van der Waals surface area contributed by atoms with Crippen molar-refractivity contribution in [1.29, 1.82) is 0 Å². The molecule has 0 radical (unpaired) electrons. The SMILES string of the molecule is CC(C)C(NC(=O)c1cccs1)C(=O)Nc1cccc(C(=O)NCc2ccccn2)c1. The molecule has 2 heterocycles. The highest BCUT2D eigenvalue weighted by Gasteiger charge is 2.25. The molecule has 0 bridgehead atoms. The van der Waals surface area contributed by atoms with E-state index in [1.807, 2.05) is 37.4 Å². The van der Waals surface area contributed by atoms with Crippen molar-refractivity contribution < 1.29 is 14.4 Å². The summed E-state index contributed by atoms with van der Waals surface area (Å²) in [5.74, 6) is -1.01. The third kappa shape index (κ3) is 6.23. The third-order valence-corrected chi connectivity index (χ3v) is 5.40. The highest BCUT2D eigenvalue weighted by Crippen LogP contribution is 2.14. The number of rotatable bonds is 8. The van der Waals surface area contributed by atoms with Gasteiger partial charge >= 0.3 is 0 Å². The molecule has 0 fully saturated rings. The minimum absolute atomic E-state index is 0.117. The Hall–Kier alpha value is -3.52. The quantitative estimate of drug-likeness (QED) is 0.503. The van der Waals surface area contributed by atoms with Crippen LogP contribution in [0.2, 0.25) is 0 Å². The van der Waals surface area contributed by atoms with Crippen molar-refractivity contribution in [3.8, 4) is 0 Å². The number of aromatic nitrogens is 1. The van der Waals surface area contributed by atoms with Crippen molar-refractivity contribution in [1.82, 2.24) is 15.6 Å². The molecule has 1 atom stereocenters. The molecule has 1 unspecified atom stereocenters. The van der Waals surface area contributed by atoms with Gasteiger partial charge in [0.25, 0.3) is 11.8 Å². The van der Waals surface area contributed by atoms with Crippen LogP contribution in [0.25, 0.3) is 0 Å². The molecule has 0 saturated carbocycles. The lowest BCUT2D eigenvalue weighted by atomic mass is 10.0. The summed E-state index contributed by atoms with van der Waals surface area (Å²) in [5, 5.41) is 10.2. The van der Waals surface area contributed by atoms with Crippen LogP contribution in [0.15, 0.2) is 66.2 Å². The van der Waals surface area contributed by atoms with Gasteiger partial charge < -0.3 is 16.0 Å². The average Bonchev–Trinajstić information content (AvgIpc) is 3.31. The zero-order chi connectivity index (χ0) is 22.2. The Labute approximate surface area is 184 Å². The minimum atomic E-state index is -0.712. The summed E-state index contributed by atoms with van der Waals surface area (Å²) in [6.07, 6.45) is 1.67. The van der Waals surface area contributed by atoms with E-state index in [4.69, 9.17) is 0 Å². The highest BCUT2D eigenvalue weighted by atomic mass is 32.1. The zero-order valence-electron chi connectivity index (χ0n) is 17.3. The lowest BCUT2D eigenvalue weighted by molar-refractivity contribution is -0.118. The lowest BCUT2D eigenvalue weighted by Gasteiger charge is -2.21. The summed E-state index contributed by atoms with van der Waals surface area (Å²) in [6.45, 7) is 4.03. The van der Waals surface area contributed by atoms with E-state index >= 15 is 0 Å². The molecule has 7 nitrogen and oxygen atoms in total. The molecule has 3 rings (SSSR count). The number of carbonyl (C=O) groups is 3. The Morgan fingerprint density at radius 2 is 1.84 bits per heavy atom. The van der Waals surface area contributed by atoms with Crippen molar-refractivity contribution >= 4 is 34.7 Å². The summed E-state index contributed by atoms with van der Waals surface area (Å²) in [5.41, 5.74) is 1.64. The molecule has 0 aliphatic rings. The number of anilines is 1. The number of hydrogen-bond donors (Lipinski definition) is 3. The number of thiophene rings is 1. The van der Waals surface area contributed by atoms with Gasteiger partial charge in [0, 0.05) is 17.4 Å². The number of nitrogens with zero attached hydrogens (tertiary/aromatic N) is 1. The van der Waals surface area contributed by atoms with E-state index in [-0.39, 0.29) is 23.6 Å². The molecule has 0 saturated heterocycles. The van der Waals surface area contributed by atoms with Crippen LogP contribution in [0.5, 0.6) is 0 Å². The average molecular weight is 437 g/mol. The van der Waals surface area contributed by atoms with E-state index in [1.165, 1.54) is 11.3 Å². The number of nitrogens with one attached hydrogen (secondary N) is 3. The standard InChI is InChI=1S/C23H24N4O3S/c1-15(2)20(27-22(29)19-10-6-12-31-19)23(30)26-17-9-5-7-16(13-17)21(28)25-14-18-8-3-4-11-24-18/h3-13,15,20H,14H2,1-2H3,(H,25,28)(H,26,30)(H,27,29). The van der Waals surface area contributed by atoms with Crippen LogP contribution >= 0.6 is 11.3 Å². The number of pyridine rings is 1. The number of hydrogen-bond acceptors (Lipinski definition) is 5. The normalized spacial score (nSPS) is 11.6. The van der Waals surface area contributed by atoms with Crippen molar-refractivity contribution in [3.63, 3.8) is 0 Å². The monoisotopic (exact) mass is 436 g/mol. The molecule has 0 spiro atoms. The molecular formula is C23H24N4O3S. The van der Waals surface area contributed by atoms with Gasteiger partial charge in [-0.2, -0.15) is 0 Å². The summed E-state index contributed by atoms with van der Waals surface area (Å²) >= 11 is 1.32. The van der Waals surface area contributed by atoms with E-state index in [0.717, 1.165) is 5.69 Å². The van der Waals surface area contributed by atoms with Gasteiger partial charge in [0.2, 0.25) is 5.91 Å². The first-order valence-corrected chi connectivity index (χ1v) is 10.8. The topological polar surface area (TPSA) is 100 Å². The fourth-order valence-electron chi connectivity index (χ4n) is 2.89. The molecule has 3 aromatic rings. The van der Waals surface area contributed by atoms with Crippen LogP contribution < -0.4 is 16.0 Å². The van der Waals surface area contributed by atoms with Gasteiger partial charge in [-0.1, -0.05) is 32.0 Å². The second kappa shape index (κ2) is 10.5. The first-order chi connectivity index (χ1) is 14.9. The summed E-state index contributed by atoms with van der Waals surface area (Å²) in [6, 6.07) is 14.9. The second-order valence-corrected chi connectivity index (χ2v) is 8.19. The van der Waals surface area contributed by atoms with E-state index in [1.54, 1.807) is 42.6 Å². The van der Waals surface area contributed by atoms with Gasteiger partial charge in [-0.3, -0.25) is 19.4 Å². The maximum atomic E-state index is 12.8. The van der Waals surface area contributed by atoms with Crippen molar-refractivity contribution in [2.75, 3.05) is 5.32 Å². The second-order valence-electron chi connectivity index (χ2n) is 7.25. The number of amides is 3. The van der Waals surface area contributed by atoms with E-state index in [9.17, 15) is 14.4 Å². The fraction of sp³-hybridized carbons (Fsp3) is 0.217. The Balaban J connectivity index is 1.63. The lowest BCUT2D eigenvalue weighted by Crippen LogP contribution is -2.47. The van der Waals surface area contributed by atoms with E-state index < -0.39 is 6.04 Å². The minimum Gasteiger partial charge on any atom is -0.346 e. The maximum absolute atomic E-state index is 12.8. The van der Waals surface area contributed by atoms with Gasteiger partial charge in [0.05, 0.1) is 17.1 Å². The summed E-state index contributed by atoms with van der Waals surface area (Å²) in [4.78, 5) is 42.4. The van der Waals surface area contributed by atoms with Gasteiger partial charge in [-0.05, 0) is 47.7 Å². The largest absolute Gasteiger partial charge is 0.346 e. The first-order valence-electron chi connectivity index (χ1n) is 9.87. The van der Waals surface area contributed by atoms with E-state index in [0.29, 0.717) is 22.7 Å². The smallest absolute Gasteiger partial charge is 0.262 e. The number of benzene rings is 1. The van der Waals surface area contributed by atoms with Crippen LogP contribution in [0.1, 0.15) is 39.6 Å². The van der Waals surface area contributed by atoms with Crippen molar-refractivity contribution in [2.24, 2.45) is 5.92 Å². The van der Waals surface area contributed by atoms with Crippen LogP contribution in [-0.2, 0) is 11.3 Å². The van der Waals surface area contributed by atoms with Gasteiger partial charge in [0.15, 0.2) is 0 Å². The summed E-state index contributed by atoms with van der Waals surface area (Å²) < 4.78 is 0. The Morgan fingerprint density at radius 1 is 1.00 bits per heavy atom. The Bertz CT molecular complexity index is 1040. The molecular weight excluding hydrogens is 412 g/mol. The molecule has 3 amide bonds. The van der Waals surface area contributed by atoms with Gasteiger partial charge in [-0.15, -0.1) is 11.3 Å². The van der Waals surface area contributed by atoms with Crippen LogP contribution in [0, 0.1) is 5.92 Å². The molecule has 0 aliphatic heterocycles. The molecule has 160 valence electrons. The molecule has 0 aliphatic carbocycles. The van der Waals surface area contributed by atoms with Crippen LogP contribution in [-0.4, -0.2) is 28.7 Å². The zero-order valence-corrected chi connectivity index (χ0v) is 18.1. The Kier molecular flexibility index (Phi) is 7.50. The van der Waals surface area contributed by atoms with Gasteiger partial charge in [0.1, 0.15) is 6.04 Å². The van der Waals surface area contributed by atoms with Crippen LogP contribution in [0.4, 0.5) is 5.69 Å². The van der Waals surface area contributed by atoms with Crippen LogP contribution in [0.3, 0.4) is 0 Å².